The Hall–Kier alpha value is -2.04. The Bertz CT molecular complexity index is 569. The standard InChI is InChI=1S/C16H23N3O2/c1-3-16(2,14(17)19-21)15(20)18-13-10-6-8-11-7-4-5-9-12(11)13/h6,8,10,21H,3-5,7,9H2,1-2H3,(H2,17,19)(H,18,20). The van der Waals surface area contributed by atoms with E-state index in [1.807, 2.05) is 19.1 Å². The van der Waals surface area contributed by atoms with Gasteiger partial charge in [-0.25, -0.2) is 0 Å². The van der Waals surface area contributed by atoms with Crippen LogP contribution in [0.4, 0.5) is 5.69 Å². The van der Waals surface area contributed by atoms with Crippen LogP contribution < -0.4 is 11.1 Å². The van der Waals surface area contributed by atoms with Gasteiger partial charge in [0.2, 0.25) is 5.91 Å². The van der Waals surface area contributed by atoms with E-state index in [2.05, 4.69) is 16.5 Å². The first-order chi connectivity index (χ1) is 10.0. The summed E-state index contributed by atoms with van der Waals surface area (Å²) in [5.41, 5.74) is 8.06. The zero-order valence-electron chi connectivity index (χ0n) is 12.6. The fourth-order valence-corrected chi connectivity index (χ4v) is 2.73. The molecule has 0 fully saturated rings. The molecule has 1 atom stereocenters. The third-order valence-corrected chi connectivity index (χ3v) is 4.53. The van der Waals surface area contributed by atoms with Crippen LogP contribution in [0.1, 0.15) is 44.2 Å². The number of nitrogens with two attached hydrogens (primary N) is 1. The van der Waals surface area contributed by atoms with Crippen LogP contribution in [0.3, 0.4) is 0 Å². The van der Waals surface area contributed by atoms with Crippen molar-refractivity contribution in [3.05, 3.63) is 29.3 Å². The van der Waals surface area contributed by atoms with E-state index < -0.39 is 5.41 Å². The molecule has 4 N–H and O–H groups in total. The molecule has 0 bridgehead atoms. The second-order valence-electron chi connectivity index (χ2n) is 5.78. The van der Waals surface area contributed by atoms with Crippen LogP contribution in [0.5, 0.6) is 0 Å². The number of carbonyl (C=O) groups excluding carboxylic acids is 1. The molecule has 1 aromatic carbocycles. The number of hydrogen-bond donors (Lipinski definition) is 3. The van der Waals surface area contributed by atoms with Gasteiger partial charge in [0.05, 0.1) is 0 Å². The van der Waals surface area contributed by atoms with E-state index in [1.165, 1.54) is 17.5 Å². The van der Waals surface area contributed by atoms with Gasteiger partial charge < -0.3 is 16.3 Å². The van der Waals surface area contributed by atoms with Crippen LogP contribution >= 0.6 is 0 Å². The van der Waals surface area contributed by atoms with Crippen molar-refractivity contribution in [1.82, 2.24) is 0 Å². The van der Waals surface area contributed by atoms with Gasteiger partial charge in [-0.15, -0.1) is 0 Å². The van der Waals surface area contributed by atoms with E-state index >= 15 is 0 Å². The number of amidine groups is 1. The highest BCUT2D eigenvalue weighted by molar-refractivity contribution is 6.11. The number of hydrogen-bond acceptors (Lipinski definition) is 3. The first-order valence-electron chi connectivity index (χ1n) is 7.43. The Morgan fingerprint density at radius 2 is 2.14 bits per heavy atom. The fourth-order valence-electron chi connectivity index (χ4n) is 2.73. The number of oxime groups is 1. The molecule has 0 aromatic heterocycles. The van der Waals surface area contributed by atoms with Gasteiger partial charge in [0.15, 0.2) is 5.84 Å². The van der Waals surface area contributed by atoms with Gasteiger partial charge >= 0.3 is 0 Å². The minimum Gasteiger partial charge on any atom is -0.409 e. The maximum Gasteiger partial charge on any atom is 0.238 e. The zero-order valence-corrected chi connectivity index (χ0v) is 12.6. The van der Waals surface area contributed by atoms with Crippen molar-refractivity contribution in [2.24, 2.45) is 16.3 Å². The number of benzene rings is 1. The van der Waals surface area contributed by atoms with Gasteiger partial charge in [0.1, 0.15) is 5.41 Å². The van der Waals surface area contributed by atoms with Crippen LogP contribution in [-0.4, -0.2) is 17.0 Å². The lowest BCUT2D eigenvalue weighted by atomic mass is 9.84. The Labute approximate surface area is 125 Å². The molecule has 1 amide bonds. The van der Waals surface area contributed by atoms with Gasteiger partial charge in [-0.2, -0.15) is 0 Å². The normalized spacial score (nSPS) is 17.7. The molecule has 1 aliphatic rings. The van der Waals surface area contributed by atoms with Crippen LogP contribution in [0, 0.1) is 5.41 Å². The van der Waals surface area contributed by atoms with Crippen molar-refractivity contribution >= 4 is 17.4 Å². The molecule has 1 aliphatic carbocycles. The average molecular weight is 289 g/mol. The summed E-state index contributed by atoms with van der Waals surface area (Å²) in [5, 5.41) is 14.9. The lowest BCUT2D eigenvalue weighted by molar-refractivity contribution is -0.121. The Kier molecular flexibility index (Phi) is 4.50. The molecule has 0 radical (unpaired) electrons. The number of amides is 1. The summed E-state index contributed by atoms with van der Waals surface area (Å²) in [7, 11) is 0. The molecular weight excluding hydrogens is 266 g/mol. The molecule has 5 nitrogen and oxygen atoms in total. The van der Waals surface area contributed by atoms with E-state index in [1.54, 1.807) is 6.92 Å². The Morgan fingerprint density at radius 1 is 1.43 bits per heavy atom. The molecule has 2 rings (SSSR count). The molecule has 114 valence electrons. The molecule has 1 unspecified atom stereocenters. The van der Waals surface area contributed by atoms with E-state index in [0.29, 0.717) is 6.42 Å². The van der Waals surface area contributed by atoms with E-state index in [4.69, 9.17) is 10.9 Å². The first kappa shape index (κ1) is 15.4. The van der Waals surface area contributed by atoms with Gasteiger partial charge in [0, 0.05) is 5.69 Å². The van der Waals surface area contributed by atoms with E-state index in [-0.39, 0.29) is 11.7 Å². The summed E-state index contributed by atoms with van der Waals surface area (Å²) in [4.78, 5) is 12.6. The topological polar surface area (TPSA) is 87.7 Å². The number of nitrogens with zero attached hydrogens (tertiary/aromatic N) is 1. The highest BCUT2D eigenvalue weighted by atomic mass is 16.4. The van der Waals surface area contributed by atoms with Crippen molar-refractivity contribution in [3.63, 3.8) is 0 Å². The summed E-state index contributed by atoms with van der Waals surface area (Å²) in [6, 6.07) is 6.00. The number of aryl methyl sites for hydroxylation is 1. The van der Waals surface area contributed by atoms with Crippen LogP contribution in [0.25, 0.3) is 0 Å². The molecule has 0 aliphatic heterocycles. The Balaban J connectivity index is 2.28. The lowest BCUT2D eigenvalue weighted by Crippen LogP contribution is -2.44. The van der Waals surface area contributed by atoms with Gasteiger partial charge in [-0.05, 0) is 56.2 Å². The summed E-state index contributed by atoms with van der Waals surface area (Å²) in [6.07, 6.45) is 4.85. The molecule has 1 aromatic rings. The van der Waals surface area contributed by atoms with Crippen molar-refractivity contribution in [3.8, 4) is 0 Å². The average Bonchev–Trinajstić information content (AvgIpc) is 2.53. The largest absolute Gasteiger partial charge is 0.409 e. The SMILES string of the molecule is CCC(C)(C(=O)Nc1cccc2c1CCCC2)/C(N)=N/O. The van der Waals surface area contributed by atoms with Crippen LogP contribution in [0.2, 0.25) is 0 Å². The number of rotatable bonds is 4. The Morgan fingerprint density at radius 3 is 2.81 bits per heavy atom. The quantitative estimate of drug-likeness (QED) is 0.344. The molecule has 21 heavy (non-hydrogen) atoms. The molecule has 0 saturated heterocycles. The predicted molar refractivity (Wildman–Crippen MR) is 83.5 cm³/mol. The number of carbonyl (C=O) groups is 1. The minimum absolute atomic E-state index is 0.0627. The van der Waals surface area contributed by atoms with Crippen molar-refractivity contribution in [2.45, 2.75) is 46.0 Å². The molecule has 0 heterocycles. The van der Waals surface area contributed by atoms with Gasteiger partial charge in [-0.3, -0.25) is 4.79 Å². The third kappa shape index (κ3) is 2.86. The van der Waals surface area contributed by atoms with Crippen molar-refractivity contribution < 1.29 is 10.0 Å². The first-order valence-corrected chi connectivity index (χ1v) is 7.43. The fraction of sp³-hybridized carbons (Fsp3) is 0.500. The number of anilines is 1. The zero-order chi connectivity index (χ0) is 15.5. The highest BCUT2D eigenvalue weighted by Crippen LogP contribution is 2.30. The van der Waals surface area contributed by atoms with Crippen molar-refractivity contribution in [2.75, 3.05) is 5.32 Å². The van der Waals surface area contributed by atoms with E-state index in [0.717, 1.165) is 24.9 Å². The van der Waals surface area contributed by atoms with Crippen molar-refractivity contribution in [1.29, 1.82) is 0 Å². The van der Waals surface area contributed by atoms with E-state index in [9.17, 15) is 4.79 Å². The second kappa shape index (κ2) is 6.16. The summed E-state index contributed by atoms with van der Waals surface area (Å²) in [5.74, 6) is -0.299. The molecule has 0 spiro atoms. The van der Waals surface area contributed by atoms with Gasteiger partial charge in [-0.1, -0.05) is 24.2 Å². The maximum atomic E-state index is 12.6. The predicted octanol–water partition coefficient (Wildman–Crippen LogP) is 2.67. The molecular formula is C16H23N3O2. The molecule has 0 saturated carbocycles. The maximum absolute atomic E-state index is 12.6. The smallest absolute Gasteiger partial charge is 0.238 e. The minimum atomic E-state index is -1.01. The molecule has 5 heteroatoms. The lowest BCUT2D eigenvalue weighted by Gasteiger charge is -2.27. The number of fused-ring (bicyclic) bond motifs is 1. The van der Waals surface area contributed by atoms with Crippen LogP contribution in [0.15, 0.2) is 23.4 Å². The van der Waals surface area contributed by atoms with Gasteiger partial charge in [0.25, 0.3) is 0 Å². The summed E-state index contributed by atoms with van der Waals surface area (Å²) in [6.45, 7) is 3.53. The summed E-state index contributed by atoms with van der Waals surface area (Å²) >= 11 is 0. The summed E-state index contributed by atoms with van der Waals surface area (Å²) < 4.78 is 0. The monoisotopic (exact) mass is 289 g/mol. The second-order valence-corrected chi connectivity index (χ2v) is 5.78. The van der Waals surface area contributed by atoms with Crippen LogP contribution in [-0.2, 0) is 17.6 Å². The highest BCUT2D eigenvalue weighted by Gasteiger charge is 2.36. The third-order valence-electron chi connectivity index (χ3n) is 4.53. The number of nitrogens with one attached hydrogen (secondary N) is 1.